The second-order valence-electron chi connectivity index (χ2n) is 6.42. The van der Waals surface area contributed by atoms with Crippen molar-refractivity contribution in [3.05, 3.63) is 35.6 Å². The maximum atomic E-state index is 13.3. The van der Waals surface area contributed by atoms with Crippen LogP contribution in [0.25, 0.3) is 0 Å². The van der Waals surface area contributed by atoms with E-state index in [1.54, 1.807) is 13.1 Å². The van der Waals surface area contributed by atoms with Crippen molar-refractivity contribution in [1.29, 1.82) is 0 Å². The van der Waals surface area contributed by atoms with Crippen LogP contribution in [-0.2, 0) is 6.54 Å². The molecule has 1 aromatic carbocycles. The molecular formula is C17H24F4N4. The highest BCUT2D eigenvalue weighted by Gasteiger charge is 2.34. The average Bonchev–Trinajstić information content (AvgIpc) is 2.93. The molecule has 1 fully saturated rings. The lowest BCUT2D eigenvalue weighted by atomic mass is 10.1. The van der Waals surface area contributed by atoms with Crippen molar-refractivity contribution in [2.24, 2.45) is 10.9 Å². The molecule has 1 heterocycles. The first-order chi connectivity index (χ1) is 11.8. The standard InChI is InChI=1S/C17H24F4N4/c1-22-16(24(2)10-13-4-3-5-15(18)8-13)23-9-14-6-7-25(11-14)12-17(19,20)21/h3-5,8,14H,6-7,9-12H2,1-2H3,(H,22,23). The van der Waals surface area contributed by atoms with E-state index in [2.05, 4.69) is 10.3 Å². The van der Waals surface area contributed by atoms with Gasteiger partial charge in [-0.3, -0.25) is 9.89 Å². The summed E-state index contributed by atoms with van der Waals surface area (Å²) >= 11 is 0. The van der Waals surface area contributed by atoms with Gasteiger partial charge in [-0.1, -0.05) is 12.1 Å². The van der Waals surface area contributed by atoms with E-state index in [1.807, 2.05) is 18.0 Å². The van der Waals surface area contributed by atoms with Gasteiger partial charge < -0.3 is 10.2 Å². The van der Waals surface area contributed by atoms with Crippen LogP contribution in [0, 0.1) is 11.7 Å². The Morgan fingerprint density at radius 2 is 2.16 bits per heavy atom. The highest BCUT2D eigenvalue weighted by molar-refractivity contribution is 5.79. The number of benzene rings is 1. The Bertz CT molecular complexity index is 588. The summed E-state index contributed by atoms with van der Waals surface area (Å²) in [5.74, 6) is 0.504. The first-order valence-electron chi connectivity index (χ1n) is 8.22. The number of alkyl halides is 3. The second kappa shape index (κ2) is 8.51. The van der Waals surface area contributed by atoms with E-state index in [1.165, 1.54) is 17.0 Å². The highest BCUT2D eigenvalue weighted by atomic mass is 19.4. The van der Waals surface area contributed by atoms with Crippen molar-refractivity contribution in [2.45, 2.75) is 19.1 Å². The molecule has 1 atom stereocenters. The van der Waals surface area contributed by atoms with Crippen LogP contribution in [0.2, 0.25) is 0 Å². The third-order valence-corrected chi connectivity index (χ3v) is 4.20. The molecule has 0 aromatic heterocycles. The summed E-state index contributed by atoms with van der Waals surface area (Å²) in [6.45, 7) is 1.09. The lowest BCUT2D eigenvalue weighted by molar-refractivity contribution is -0.143. The molecule has 0 spiro atoms. The maximum absolute atomic E-state index is 13.3. The Labute approximate surface area is 145 Å². The largest absolute Gasteiger partial charge is 0.401 e. The summed E-state index contributed by atoms with van der Waals surface area (Å²) in [6, 6.07) is 6.35. The van der Waals surface area contributed by atoms with Crippen LogP contribution in [0.4, 0.5) is 17.6 Å². The molecule has 140 valence electrons. The van der Waals surface area contributed by atoms with Gasteiger partial charge >= 0.3 is 6.18 Å². The molecule has 1 N–H and O–H groups in total. The minimum atomic E-state index is -4.15. The Morgan fingerprint density at radius 3 is 2.80 bits per heavy atom. The summed E-state index contributed by atoms with van der Waals surface area (Å²) in [5.41, 5.74) is 0.822. The van der Waals surface area contributed by atoms with Crippen LogP contribution >= 0.6 is 0 Å². The number of rotatable bonds is 5. The molecule has 0 saturated carbocycles. The SMILES string of the molecule is CN=C(NCC1CCN(CC(F)(F)F)C1)N(C)Cc1cccc(F)c1. The third kappa shape index (κ3) is 6.53. The summed E-state index contributed by atoms with van der Waals surface area (Å²) in [4.78, 5) is 7.48. The second-order valence-corrected chi connectivity index (χ2v) is 6.42. The van der Waals surface area contributed by atoms with Gasteiger partial charge in [0, 0.05) is 33.7 Å². The van der Waals surface area contributed by atoms with Gasteiger partial charge in [0.25, 0.3) is 0 Å². The van der Waals surface area contributed by atoms with E-state index in [9.17, 15) is 17.6 Å². The van der Waals surface area contributed by atoms with Crippen LogP contribution in [-0.4, -0.2) is 62.2 Å². The fourth-order valence-electron chi connectivity index (χ4n) is 3.08. The fourth-order valence-corrected chi connectivity index (χ4v) is 3.08. The Kier molecular flexibility index (Phi) is 6.64. The van der Waals surface area contributed by atoms with Gasteiger partial charge in [0.1, 0.15) is 5.82 Å². The summed E-state index contributed by atoms with van der Waals surface area (Å²) in [7, 11) is 3.49. The van der Waals surface area contributed by atoms with Crippen LogP contribution < -0.4 is 5.32 Å². The van der Waals surface area contributed by atoms with Gasteiger partial charge in [0.15, 0.2) is 5.96 Å². The maximum Gasteiger partial charge on any atom is 0.401 e. The zero-order chi connectivity index (χ0) is 18.4. The van der Waals surface area contributed by atoms with Crippen molar-refractivity contribution >= 4 is 5.96 Å². The predicted molar refractivity (Wildman–Crippen MR) is 89.8 cm³/mol. The first kappa shape index (κ1) is 19.5. The monoisotopic (exact) mass is 360 g/mol. The summed E-state index contributed by atoms with van der Waals surface area (Å²) in [6.07, 6.45) is -3.42. The number of guanidine groups is 1. The third-order valence-electron chi connectivity index (χ3n) is 4.20. The van der Waals surface area contributed by atoms with Crippen molar-refractivity contribution in [3.63, 3.8) is 0 Å². The minimum Gasteiger partial charge on any atom is -0.356 e. The quantitative estimate of drug-likeness (QED) is 0.498. The smallest absolute Gasteiger partial charge is 0.356 e. The van der Waals surface area contributed by atoms with Gasteiger partial charge in [-0.05, 0) is 36.6 Å². The fraction of sp³-hybridized carbons (Fsp3) is 0.588. The average molecular weight is 360 g/mol. The number of halogens is 4. The van der Waals surface area contributed by atoms with E-state index < -0.39 is 12.7 Å². The molecule has 25 heavy (non-hydrogen) atoms. The molecule has 1 aliphatic rings. The molecule has 8 heteroatoms. The van der Waals surface area contributed by atoms with Crippen molar-refractivity contribution in [1.82, 2.24) is 15.1 Å². The van der Waals surface area contributed by atoms with Gasteiger partial charge in [0.2, 0.25) is 0 Å². The van der Waals surface area contributed by atoms with Gasteiger partial charge in [0.05, 0.1) is 6.54 Å². The van der Waals surface area contributed by atoms with E-state index in [0.717, 1.165) is 12.0 Å². The molecule has 0 radical (unpaired) electrons. The Morgan fingerprint density at radius 1 is 1.40 bits per heavy atom. The van der Waals surface area contributed by atoms with Gasteiger partial charge in [-0.2, -0.15) is 13.2 Å². The molecule has 1 unspecified atom stereocenters. The Hall–Kier alpha value is -1.83. The summed E-state index contributed by atoms with van der Waals surface area (Å²) in [5, 5.41) is 3.20. The zero-order valence-corrected chi connectivity index (χ0v) is 14.5. The van der Waals surface area contributed by atoms with Crippen LogP contribution in [0.15, 0.2) is 29.3 Å². The molecule has 1 aromatic rings. The topological polar surface area (TPSA) is 30.9 Å². The number of hydrogen-bond acceptors (Lipinski definition) is 2. The van der Waals surface area contributed by atoms with E-state index in [0.29, 0.717) is 32.1 Å². The lowest BCUT2D eigenvalue weighted by Gasteiger charge is -2.24. The van der Waals surface area contributed by atoms with Crippen LogP contribution in [0.5, 0.6) is 0 Å². The number of aliphatic imine (C=N–C) groups is 1. The molecule has 4 nitrogen and oxygen atoms in total. The molecule has 0 aliphatic carbocycles. The molecule has 1 aliphatic heterocycles. The highest BCUT2D eigenvalue weighted by Crippen LogP contribution is 2.22. The number of nitrogens with zero attached hydrogens (tertiary/aromatic N) is 3. The van der Waals surface area contributed by atoms with Gasteiger partial charge in [-0.25, -0.2) is 4.39 Å². The molecule has 0 amide bonds. The van der Waals surface area contributed by atoms with E-state index in [4.69, 9.17) is 0 Å². The zero-order valence-electron chi connectivity index (χ0n) is 14.5. The van der Waals surface area contributed by atoms with Crippen molar-refractivity contribution in [2.75, 3.05) is 40.3 Å². The number of likely N-dealkylation sites (tertiary alicyclic amines) is 1. The first-order valence-corrected chi connectivity index (χ1v) is 8.22. The van der Waals surface area contributed by atoms with E-state index in [-0.39, 0.29) is 11.7 Å². The van der Waals surface area contributed by atoms with Crippen LogP contribution in [0.3, 0.4) is 0 Å². The number of hydrogen-bond donors (Lipinski definition) is 1. The molecule has 2 rings (SSSR count). The summed E-state index contributed by atoms with van der Waals surface area (Å²) < 4.78 is 50.6. The lowest BCUT2D eigenvalue weighted by Crippen LogP contribution is -2.41. The van der Waals surface area contributed by atoms with Crippen LogP contribution in [0.1, 0.15) is 12.0 Å². The Balaban J connectivity index is 1.80. The number of nitrogens with one attached hydrogen (secondary N) is 1. The molecule has 0 bridgehead atoms. The minimum absolute atomic E-state index is 0.154. The molecule has 1 saturated heterocycles. The normalized spacial score (nSPS) is 19.3. The van der Waals surface area contributed by atoms with Crippen molar-refractivity contribution < 1.29 is 17.6 Å². The van der Waals surface area contributed by atoms with Gasteiger partial charge in [-0.15, -0.1) is 0 Å². The molecular weight excluding hydrogens is 336 g/mol. The predicted octanol–water partition coefficient (Wildman–Crippen LogP) is 2.72. The van der Waals surface area contributed by atoms with E-state index >= 15 is 0 Å². The van der Waals surface area contributed by atoms with Crippen molar-refractivity contribution in [3.8, 4) is 0 Å².